The molecule has 9 aromatic carbocycles. The van der Waals surface area contributed by atoms with E-state index in [4.69, 9.17) is 4.42 Å². The highest BCUT2D eigenvalue weighted by atomic mass is 16.3. The van der Waals surface area contributed by atoms with Crippen LogP contribution >= 0.6 is 0 Å². The molecule has 11 aromatic rings. The fraction of sp³-hybridized carbons (Fsp3) is 0. The summed E-state index contributed by atoms with van der Waals surface area (Å²) in [5.74, 6) is 0. The molecule has 0 saturated carbocycles. The zero-order valence-electron chi connectivity index (χ0n) is 29.8. The van der Waals surface area contributed by atoms with E-state index < -0.39 is 0 Å². The molecule has 256 valence electrons. The number of anilines is 3. The number of hydrogen-bond donors (Lipinski definition) is 0. The number of fused-ring (bicyclic) bond motifs is 10. The first-order chi connectivity index (χ1) is 27.3. The average Bonchev–Trinajstić information content (AvgIpc) is 3.91. The van der Waals surface area contributed by atoms with Gasteiger partial charge in [0, 0.05) is 44.3 Å². The lowest BCUT2D eigenvalue weighted by atomic mass is 9.93. The van der Waals surface area contributed by atoms with Crippen LogP contribution in [-0.4, -0.2) is 4.57 Å². The Labute approximate surface area is 317 Å². The first kappa shape index (κ1) is 30.1. The Bertz CT molecular complexity index is 3250. The van der Waals surface area contributed by atoms with Crippen LogP contribution in [0.2, 0.25) is 0 Å². The van der Waals surface area contributed by atoms with E-state index in [0.717, 1.165) is 61.3 Å². The lowest BCUT2D eigenvalue weighted by Gasteiger charge is -2.27. The van der Waals surface area contributed by atoms with E-state index in [2.05, 4.69) is 198 Å². The Balaban J connectivity index is 1.21. The number of benzene rings is 9. The monoisotopic (exact) mass is 700 g/mol. The van der Waals surface area contributed by atoms with Crippen LogP contribution in [0, 0.1) is 0 Å². The van der Waals surface area contributed by atoms with Crippen molar-refractivity contribution in [3.05, 3.63) is 194 Å². The van der Waals surface area contributed by atoms with Crippen LogP contribution in [0.3, 0.4) is 0 Å². The molecular weight excluding hydrogens is 669 g/mol. The van der Waals surface area contributed by atoms with Crippen molar-refractivity contribution in [2.45, 2.75) is 0 Å². The van der Waals surface area contributed by atoms with Gasteiger partial charge in [0.15, 0.2) is 5.58 Å². The van der Waals surface area contributed by atoms with Gasteiger partial charge in [0.05, 0.1) is 11.0 Å². The topological polar surface area (TPSA) is 21.3 Å². The standard InChI is InChI=1S/C52H32N2O/c1-3-14-34(15-4-1)53(35-16-5-2-6-17-35)36-30-33(38-26-27-45-40-19-8-7-18-39(40)44-23-13-22-43(38)50(44)45)31-37(32-36)54-48-24-11-9-20-41(48)46-28-29-47-42-21-10-12-25-49(42)55-52(47)51(46)54/h1-32H. The third kappa shape index (κ3) is 4.38. The highest BCUT2D eigenvalue weighted by Gasteiger charge is 2.25. The van der Waals surface area contributed by atoms with Crippen molar-refractivity contribution >= 4 is 71.6 Å². The van der Waals surface area contributed by atoms with Gasteiger partial charge in [-0.3, -0.25) is 0 Å². The van der Waals surface area contributed by atoms with E-state index in [1.54, 1.807) is 0 Å². The fourth-order valence-electron chi connectivity index (χ4n) is 9.17. The van der Waals surface area contributed by atoms with Crippen LogP contribution in [0.4, 0.5) is 17.1 Å². The average molecular weight is 701 g/mol. The molecule has 0 fully saturated rings. The largest absolute Gasteiger partial charge is 0.454 e. The highest BCUT2D eigenvalue weighted by Crippen LogP contribution is 2.50. The van der Waals surface area contributed by atoms with Crippen LogP contribution in [-0.2, 0) is 0 Å². The maximum absolute atomic E-state index is 6.78. The minimum absolute atomic E-state index is 0.893. The summed E-state index contributed by atoms with van der Waals surface area (Å²) in [6.45, 7) is 0. The molecule has 0 N–H and O–H groups in total. The molecule has 2 aromatic heterocycles. The first-order valence-electron chi connectivity index (χ1n) is 18.9. The summed E-state index contributed by atoms with van der Waals surface area (Å²) in [5, 5.41) is 7.17. The van der Waals surface area contributed by atoms with E-state index in [-0.39, 0.29) is 0 Å². The Kier molecular flexibility index (Phi) is 6.34. The molecule has 3 heteroatoms. The summed E-state index contributed by atoms with van der Waals surface area (Å²) in [7, 11) is 0. The van der Waals surface area contributed by atoms with Crippen LogP contribution in [0.5, 0.6) is 0 Å². The normalized spacial score (nSPS) is 12.0. The van der Waals surface area contributed by atoms with Crippen molar-refractivity contribution < 1.29 is 4.42 Å². The summed E-state index contributed by atoms with van der Waals surface area (Å²) in [4.78, 5) is 2.37. The van der Waals surface area contributed by atoms with Crippen LogP contribution in [0.25, 0.3) is 93.6 Å². The highest BCUT2D eigenvalue weighted by molar-refractivity contribution is 6.22. The minimum atomic E-state index is 0.893. The number of nitrogens with zero attached hydrogens (tertiary/aromatic N) is 2. The molecule has 1 aliphatic rings. The lowest BCUT2D eigenvalue weighted by molar-refractivity contribution is 0.671. The van der Waals surface area contributed by atoms with Gasteiger partial charge in [0.1, 0.15) is 5.58 Å². The van der Waals surface area contributed by atoms with Gasteiger partial charge in [-0.2, -0.15) is 0 Å². The molecule has 0 amide bonds. The van der Waals surface area contributed by atoms with E-state index in [9.17, 15) is 0 Å². The number of furan rings is 1. The van der Waals surface area contributed by atoms with E-state index >= 15 is 0 Å². The van der Waals surface area contributed by atoms with Gasteiger partial charge < -0.3 is 13.9 Å². The summed E-state index contributed by atoms with van der Waals surface area (Å²) < 4.78 is 9.20. The smallest absolute Gasteiger partial charge is 0.160 e. The lowest BCUT2D eigenvalue weighted by Crippen LogP contribution is -2.10. The maximum atomic E-state index is 6.78. The summed E-state index contributed by atoms with van der Waals surface area (Å²) in [6, 6.07) is 70.2. The van der Waals surface area contributed by atoms with Gasteiger partial charge in [-0.15, -0.1) is 0 Å². The molecule has 12 rings (SSSR count). The van der Waals surface area contributed by atoms with Crippen molar-refractivity contribution in [2.24, 2.45) is 0 Å². The van der Waals surface area contributed by atoms with Crippen LogP contribution in [0.15, 0.2) is 199 Å². The SMILES string of the molecule is c1ccc(N(c2ccccc2)c2cc(-c3ccc4c5c(cccc35)-c3ccccc3-4)cc(-n3c4ccccc4c4ccc5c6ccccc6oc5c43)c2)cc1. The third-order valence-electron chi connectivity index (χ3n) is 11.5. The van der Waals surface area contributed by atoms with Crippen molar-refractivity contribution in [1.29, 1.82) is 0 Å². The molecule has 55 heavy (non-hydrogen) atoms. The minimum Gasteiger partial charge on any atom is -0.454 e. The molecule has 0 saturated heterocycles. The molecule has 0 atom stereocenters. The maximum Gasteiger partial charge on any atom is 0.160 e. The van der Waals surface area contributed by atoms with E-state index in [1.165, 1.54) is 49.4 Å². The van der Waals surface area contributed by atoms with Crippen molar-refractivity contribution in [3.8, 4) is 39.1 Å². The third-order valence-corrected chi connectivity index (χ3v) is 11.5. The molecule has 1 aliphatic carbocycles. The molecular formula is C52H32N2O. The second-order valence-electron chi connectivity index (χ2n) is 14.5. The van der Waals surface area contributed by atoms with E-state index in [1.807, 2.05) is 6.07 Å². The Morgan fingerprint density at radius 3 is 1.76 bits per heavy atom. The second-order valence-corrected chi connectivity index (χ2v) is 14.5. The van der Waals surface area contributed by atoms with Gasteiger partial charge in [-0.05, 0) is 105 Å². The zero-order chi connectivity index (χ0) is 36.0. The van der Waals surface area contributed by atoms with Gasteiger partial charge >= 0.3 is 0 Å². The Hall–Kier alpha value is -7.36. The molecule has 0 unspecified atom stereocenters. The Morgan fingerprint density at radius 1 is 0.382 bits per heavy atom. The quantitative estimate of drug-likeness (QED) is 0.178. The number of aromatic nitrogens is 1. The van der Waals surface area contributed by atoms with Crippen molar-refractivity contribution in [3.63, 3.8) is 0 Å². The molecule has 2 heterocycles. The van der Waals surface area contributed by atoms with Gasteiger partial charge in [0.25, 0.3) is 0 Å². The predicted molar refractivity (Wildman–Crippen MR) is 230 cm³/mol. The van der Waals surface area contributed by atoms with Gasteiger partial charge in [0.2, 0.25) is 0 Å². The molecule has 0 spiro atoms. The fourth-order valence-corrected chi connectivity index (χ4v) is 9.17. The Morgan fingerprint density at radius 2 is 0.982 bits per heavy atom. The summed E-state index contributed by atoms with van der Waals surface area (Å²) >= 11 is 0. The second kappa shape index (κ2) is 11.6. The first-order valence-corrected chi connectivity index (χ1v) is 18.9. The van der Waals surface area contributed by atoms with Crippen LogP contribution in [0.1, 0.15) is 0 Å². The summed E-state index contributed by atoms with van der Waals surface area (Å²) in [6.07, 6.45) is 0. The molecule has 0 aliphatic heterocycles. The summed E-state index contributed by atoms with van der Waals surface area (Å²) in [5.41, 5.74) is 15.9. The van der Waals surface area contributed by atoms with E-state index in [0.29, 0.717) is 0 Å². The van der Waals surface area contributed by atoms with Gasteiger partial charge in [-0.1, -0.05) is 133 Å². The van der Waals surface area contributed by atoms with Gasteiger partial charge in [-0.25, -0.2) is 0 Å². The van der Waals surface area contributed by atoms with Crippen LogP contribution < -0.4 is 4.90 Å². The molecule has 0 bridgehead atoms. The number of para-hydroxylation sites is 4. The van der Waals surface area contributed by atoms with Crippen molar-refractivity contribution in [1.82, 2.24) is 4.57 Å². The number of rotatable bonds is 5. The predicted octanol–water partition coefficient (Wildman–Crippen LogP) is 14.6. The zero-order valence-corrected chi connectivity index (χ0v) is 29.8. The van der Waals surface area contributed by atoms with Crippen molar-refractivity contribution in [2.75, 3.05) is 4.90 Å². The number of hydrogen-bond acceptors (Lipinski definition) is 2. The molecule has 3 nitrogen and oxygen atoms in total. The molecule has 0 radical (unpaired) electrons.